The fourth-order valence-electron chi connectivity index (χ4n) is 2.21. The molecule has 92 valence electrons. The molecule has 2 heterocycles. The largest absolute Gasteiger partial charge is 0.343 e. The van der Waals surface area contributed by atoms with E-state index in [2.05, 4.69) is 9.97 Å². The summed E-state index contributed by atoms with van der Waals surface area (Å²) in [5.41, 5.74) is -0.179. The van der Waals surface area contributed by atoms with Gasteiger partial charge < -0.3 is 9.88 Å². The van der Waals surface area contributed by atoms with Crippen LogP contribution in [0, 0.1) is 0 Å². The maximum atomic E-state index is 11.2. The molecule has 1 aliphatic heterocycles. The summed E-state index contributed by atoms with van der Waals surface area (Å²) in [7, 11) is 0. The highest BCUT2D eigenvalue weighted by Crippen LogP contribution is 2.25. The van der Waals surface area contributed by atoms with Crippen LogP contribution >= 0.6 is 0 Å². The quantitative estimate of drug-likeness (QED) is 0.708. The van der Waals surface area contributed by atoms with Crippen LogP contribution in [0.2, 0.25) is 0 Å². The number of likely N-dealkylation sites (tertiary alicyclic amines) is 1. The normalized spacial score (nSPS) is 17.1. The van der Waals surface area contributed by atoms with Gasteiger partial charge >= 0.3 is 5.69 Å². The van der Waals surface area contributed by atoms with Gasteiger partial charge in [0.25, 0.3) is 5.56 Å². The van der Waals surface area contributed by atoms with Crippen LogP contribution in [0.15, 0.2) is 15.7 Å². The predicted molar refractivity (Wildman–Crippen MR) is 61.9 cm³/mol. The molecule has 0 radical (unpaired) electrons. The van der Waals surface area contributed by atoms with E-state index in [0.29, 0.717) is 18.8 Å². The molecule has 0 spiro atoms. The molecule has 1 aromatic heterocycles. The van der Waals surface area contributed by atoms with Gasteiger partial charge in [-0.05, 0) is 12.8 Å². The molecule has 17 heavy (non-hydrogen) atoms. The zero-order valence-corrected chi connectivity index (χ0v) is 9.66. The molecule has 0 bridgehead atoms. The Labute approximate surface area is 97.7 Å². The number of nitrogens with one attached hydrogen (secondary N) is 2. The third-order valence-corrected chi connectivity index (χ3v) is 3.16. The first kappa shape index (κ1) is 11.6. The third kappa shape index (κ3) is 2.64. The van der Waals surface area contributed by atoms with Crippen molar-refractivity contribution in [2.24, 2.45) is 0 Å². The lowest BCUT2D eigenvalue weighted by molar-refractivity contribution is -0.129. The van der Waals surface area contributed by atoms with Gasteiger partial charge in [0, 0.05) is 37.7 Å². The first-order valence-corrected chi connectivity index (χ1v) is 5.65. The van der Waals surface area contributed by atoms with Gasteiger partial charge in [-0.15, -0.1) is 0 Å². The Kier molecular flexibility index (Phi) is 3.12. The summed E-state index contributed by atoms with van der Waals surface area (Å²) in [5, 5.41) is 0. The van der Waals surface area contributed by atoms with Crippen molar-refractivity contribution in [1.29, 1.82) is 0 Å². The Bertz CT molecular complexity index is 495. The van der Waals surface area contributed by atoms with Crippen molar-refractivity contribution in [3.63, 3.8) is 0 Å². The Morgan fingerprint density at radius 3 is 2.47 bits per heavy atom. The van der Waals surface area contributed by atoms with Crippen LogP contribution in [0.5, 0.6) is 0 Å². The molecule has 2 N–H and O–H groups in total. The lowest BCUT2D eigenvalue weighted by Crippen LogP contribution is -2.37. The Hall–Kier alpha value is -1.85. The number of aromatic amines is 2. The van der Waals surface area contributed by atoms with Gasteiger partial charge in [-0.25, -0.2) is 4.79 Å². The summed E-state index contributed by atoms with van der Waals surface area (Å²) in [6.07, 6.45) is 1.55. The van der Waals surface area contributed by atoms with Gasteiger partial charge in [-0.3, -0.25) is 14.6 Å². The molecule has 0 aromatic carbocycles. The molecular formula is C11H15N3O3. The summed E-state index contributed by atoms with van der Waals surface area (Å²) in [6.45, 7) is 2.90. The molecule has 0 unspecified atom stereocenters. The fourth-order valence-corrected chi connectivity index (χ4v) is 2.21. The van der Waals surface area contributed by atoms with E-state index in [1.54, 1.807) is 11.8 Å². The number of carbonyl (C=O) groups is 1. The summed E-state index contributed by atoms with van der Waals surface area (Å²) in [5.74, 6) is 0.225. The summed E-state index contributed by atoms with van der Waals surface area (Å²) >= 11 is 0. The molecule has 0 atom stereocenters. The van der Waals surface area contributed by atoms with E-state index in [1.165, 1.54) is 6.07 Å². The standard InChI is InChI=1S/C11H15N3O3/c1-7(15)14-4-2-8(3-5-14)9-6-10(16)13-11(17)12-9/h6,8H,2-5H2,1H3,(H2,12,13,16,17). The molecule has 0 saturated carbocycles. The molecule has 2 rings (SSSR count). The van der Waals surface area contributed by atoms with E-state index in [4.69, 9.17) is 0 Å². The van der Waals surface area contributed by atoms with Crippen LogP contribution in [0.1, 0.15) is 31.4 Å². The lowest BCUT2D eigenvalue weighted by Gasteiger charge is -2.31. The van der Waals surface area contributed by atoms with Crippen molar-refractivity contribution in [2.45, 2.75) is 25.7 Å². The zero-order chi connectivity index (χ0) is 12.4. The van der Waals surface area contributed by atoms with E-state index in [0.717, 1.165) is 12.8 Å². The third-order valence-electron chi connectivity index (χ3n) is 3.16. The number of rotatable bonds is 1. The van der Waals surface area contributed by atoms with Crippen molar-refractivity contribution in [3.8, 4) is 0 Å². The Morgan fingerprint density at radius 1 is 1.29 bits per heavy atom. The predicted octanol–water partition coefficient (Wildman–Crippen LogP) is -0.211. The monoisotopic (exact) mass is 237 g/mol. The van der Waals surface area contributed by atoms with E-state index >= 15 is 0 Å². The van der Waals surface area contributed by atoms with Gasteiger partial charge in [0.05, 0.1) is 0 Å². The SMILES string of the molecule is CC(=O)N1CCC(c2cc(=O)[nH]c(=O)[nH]2)CC1. The van der Waals surface area contributed by atoms with Crippen LogP contribution in [-0.4, -0.2) is 33.9 Å². The zero-order valence-electron chi connectivity index (χ0n) is 9.66. The number of amides is 1. The minimum atomic E-state index is -0.471. The molecule has 1 aromatic rings. The topological polar surface area (TPSA) is 86.0 Å². The van der Waals surface area contributed by atoms with E-state index in [1.807, 2.05) is 0 Å². The summed E-state index contributed by atoms with van der Waals surface area (Å²) in [6, 6.07) is 1.43. The van der Waals surface area contributed by atoms with Gasteiger partial charge in [0.1, 0.15) is 0 Å². The molecule has 0 aliphatic carbocycles. The highest BCUT2D eigenvalue weighted by atomic mass is 16.2. The number of aromatic nitrogens is 2. The Balaban J connectivity index is 2.13. The minimum absolute atomic E-state index is 0.0721. The summed E-state index contributed by atoms with van der Waals surface area (Å²) < 4.78 is 0. The maximum absolute atomic E-state index is 11.2. The highest BCUT2D eigenvalue weighted by molar-refractivity contribution is 5.73. The molecule has 1 saturated heterocycles. The van der Waals surface area contributed by atoms with Crippen molar-refractivity contribution in [1.82, 2.24) is 14.9 Å². The smallest absolute Gasteiger partial charge is 0.325 e. The first-order valence-electron chi connectivity index (χ1n) is 5.65. The van der Waals surface area contributed by atoms with Crippen LogP contribution in [-0.2, 0) is 4.79 Å². The average molecular weight is 237 g/mol. The highest BCUT2D eigenvalue weighted by Gasteiger charge is 2.22. The number of nitrogens with zero attached hydrogens (tertiary/aromatic N) is 1. The van der Waals surface area contributed by atoms with E-state index in [9.17, 15) is 14.4 Å². The average Bonchev–Trinajstić information content (AvgIpc) is 2.28. The minimum Gasteiger partial charge on any atom is -0.343 e. The van der Waals surface area contributed by atoms with E-state index in [-0.39, 0.29) is 17.4 Å². The number of H-pyrrole nitrogens is 2. The second-order valence-electron chi connectivity index (χ2n) is 4.32. The maximum Gasteiger partial charge on any atom is 0.325 e. The van der Waals surface area contributed by atoms with Crippen molar-refractivity contribution < 1.29 is 4.79 Å². The van der Waals surface area contributed by atoms with E-state index < -0.39 is 5.69 Å². The molecule has 1 amide bonds. The van der Waals surface area contributed by atoms with Crippen LogP contribution in [0.3, 0.4) is 0 Å². The van der Waals surface area contributed by atoms with Crippen LogP contribution in [0.4, 0.5) is 0 Å². The van der Waals surface area contributed by atoms with Gasteiger partial charge in [0.15, 0.2) is 0 Å². The second kappa shape index (κ2) is 4.57. The van der Waals surface area contributed by atoms with Crippen molar-refractivity contribution >= 4 is 5.91 Å². The molecule has 6 heteroatoms. The second-order valence-corrected chi connectivity index (χ2v) is 4.32. The van der Waals surface area contributed by atoms with Gasteiger partial charge in [0.2, 0.25) is 5.91 Å². The first-order chi connectivity index (χ1) is 8.06. The summed E-state index contributed by atoms with van der Waals surface area (Å²) in [4.78, 5) is 40.1. The number of hydrogen-bond acceptors (Lipinski definition) is 3. The number of carbonyl (C=O) groups excluding carboxylic acids is 1. The number of piperidine rings is 1. The molecular weight excluding hydrogens is 222 g/mol. The number of hydrogen-bond donors (Lipinski definition) is 2. The lowest BCUT2D eigenvalue weighted by atomic mass is 9.93. The van der Waals surface area contributed by atoms with Gasteiger partial charge in [-0.2, -0.15) is 0 Å². The Morgan fingerprint density at radius 2 is 1.94 bits per heavy atom. The van der Waals surface area contributed by atoms with Crippen LogP contribution < -0.4 is 11.2 Å². The molecule has 6 nitrogen and oxygen atoms in total. The fraction of sp³-hybridized carbons (Fsp3) is 0.545. The van der Waals surface area contributed by atoms with Crippen molar-refractivity contribution in [3.05, 3.63) is 32.6 Å². The molecule has 1 fully saturated rings. The molecule has 1 aliphatic rings. The van der Waals surface area contributed by atoms with Gasteiger partial charge in [-0.1, -0.05) is 0 Å². The van der Waals surface area contributed by atoms with Crippen molar-refractivity contribution in [2.75, 3.05) is 13.1 Å². The van der Waals surface area contributed by atoms with Crippen LogP contribution in [0.25, 0.3) is 0 Å².